The van der Waals surface area contributed by atoms with Crippen LogP contribution in [0.3, 0.4) is 0 Å². The highest BCUT2D eigenvalue weighted by Gasteiger charge is 2.45. The minimum absolute atomic E-state index is 0.761. The molecule has 3 fully saturated rings. The van der Waals surface area contributed by atoms with Gasteiger partial charge in [0.05, 0.1) is 5.52 Å². The van der Waals surface area contributed by atoms with Crippen LogP contribution in [0.5, 0.6) is 0 Å². The molecule has 3 aliphatic carbocycles. The van der Waals surface area contributed by atoms with E-state index in [-0.39, 0.29) is 0 Å². The SMILES string of the molecule is c1cc2nc(CNC3CC4CC5CCC3C(C5)C4)sc2s1. The second-order valence-corrected chi connectivity index (χ2v) is 9.62. The smallest absolute Gasteiger partial charge is 0.108 e. The largest absolute Gasteiger partial charge is 0.307 e. The molecular formula is C17H22N2S2. The first-order valence-electron chi connectivity index (χ1n) is 8.41. The van der Waals surface area contributed by atoms with Gasteiger partial charge in [-0.3, -0.25) is 0 Å². The maximum absolute atomic E-state index is 4.76. The summed E-state index contributed by atoms with van der Waals surface area (Å²) in [5.74, 6) is 4.09. The molecule has 0 saturated heterocycles. The van der Waals surface area contributed by atoms with Crippen LogP contribution in [0.1, 0.15) is 43.5 Å². The van der Waals surface area contributed by atoms with Crippen LogP contribution in [0.25, 0.3) is 9.53 Å². The van der Waals surface area contributed by atoms with Crippen LogP contribution in [0, 0.1) is 23.7 Å². The second kappa shape index (κ2) is 5.04. The van der Waals surface area contributed by atoms with Crippen molar-refractivity contribution >= 4 is 32.2 Å². The van der Waals surface area contributed by atoms with E-state index < -0.39 is 0 Å². The van der Waals surface area contributed by atoms with E-state index in [1.165, 1.54) is 53.1 Å². The van der Waals surface area contributed by atoms with Crippen LogP contribution in [0.2, 0.25) is 0 Å². The van der Waals surface area contributed by atoms with Gasteiger partial charge in [-0.2, -0.15) is 0 Å². The van der Waals surface area contributed by atoms with Gasteiger partial charge in [0.25, 0.3) is 0 Å². The van der Waals surface area contributed by atoms with Gasteiger partial charge in [0, 0.05) is 12.6 Å². The molecule has 21 heavy (non-hydrogen) atoms. The first kappa shape index (κ1) is 13.0. The van der Waals surface area contributed by atoms with Crippen molar-refractivity contribution in [2.75, 3.05) is 0 Å². The van der Waals surface area contributed by atoms with Crippen LogP contribution in [0.15, 0.2) is 11.4 Å². The molecule has 0 aromatic carbocycles. The summed E-state index contributed by atoms with van der Waals surface area (Å²) in [6.07, 6.45) is 9.00. The lowest BCUT2D eigenvalue weighted by atomic mass is 9.56. The van der Waals surface area contributed by atoms with Crippen molar-refractivity contribution in [1.82, 2.24) is 10.3 Å². The molecule has 4 heteroatoms. The van der Waals surface area contributed by atoms with Crippen molar-refractivity contribution in [1.29, 1.82) is 0 Å². The average Bonchev–Trinajstić information content (AvgIpc) is 3.03. The third-order valence-corrected chi connectivity index (χ3v) is 8.24. The normalized spacial score (nSPS) is 38.2. The quantitative estimate of drug-likeness (QED) is 0.890. The monoisotopic (exact) mass is 318 g/mol. The maximum Gasteiger partial charge on any atom is 0.108 e. The molecule has 0 aliphatic heterocycles. The lowest BCUT2D eigenvalue weighted by Crippen LogP contribution is -2.50. The van der Waals surface area contributed by atoms with Gasteiger partial charge in [0.15, 0.2) is 0 Å². The number of nitrogens with zero attached hydrogens (tertiary/aromatic N) is 1. The summed E-state index contributed by atoms with van der Waals surface area (Å²) >= 11 is 3.70. The Morgan fingerprint density at radius 2 is 2.10 bits per heavy atom. The highest BCUT2D eigenvalue weighted by molar-refractivity contribution is 7.37. The Bertz CT molecular complexity index is 612. The zero-order valence-electron chi connectivity index (χ0n) is 12.3. The molecule has 5 rings (SSSR count). The fraction of sp³-hybridized carbons (Fsp3) is 0.706. The van der Waals surface area contributed by atoms with E-state index in [1.807, 2.05) is 22.7 Å². The third-order valence-electron chi connectivity index (χ3n) is 6.14. The molecule has 3 aliphatic rings. The highest BCUT2D eigenvalue weighted by atomic mass is 32.2. The van der Waals surface area contributed by atoms with Gasteiger partial charge in [0.2, 0.25) is 0 Å². The first-order valence-corrected chi connectivity index (χ1v) is 10.1. The summed E-state index contributed by atoms with van der Waals surface area (Å²) in [6.45, 7) is 0.982. The number of thiophene rings is 1. The van der Waals surface area contributed by atoms with Gasteiger partial charge in [-0.05, 0) is 67.2 Å². The Kier molecular flexibility index (Phi) is 3.12. The Labute approximate surface area is 134 Å². The Balaban J connectivity index is 1.30. The number of hydrogen-bond donors (Lipinski definition) is 1. The van der Waals surface area contributed by atoms with Gasteiger partial charge < -0.3 is 5.32 Å². The van der Waals surface area contributed by atoms with Gasteiger partial charge in [0.1, 0.15) is 9.02 Å². The molecule has 5 atom stereocenters. The third kappa shape index (κ3) is 2.27. The van der Waals surface area contributed by atoms with Gasteiger partial charge in [-0.15, -0.1) is 22.7 Å². The molecule has 2 heterocycles. The fourth-order valence-corrected chi connectivity index (χ4v) is 7.30. The van der Waals surface area contributed by atoms with Gasteiger partial charge in [-0.1, -0.05) is 6.42 Å². The molecule has 112 valence electrons. The molecule has 3 saturated carbocycles. The first-order chi connectivity index (χ1) is 10.3. The van der Waals surface area contributed by atoms with E-state index in [0.29, 0.717) is 0 Å². The van der Waals surface area contributed by atoms with Crippen molar-refractivity contribution in [3.63, 3.8) is 0 Å². The van der Waals surface area contributed by atoms with Crippen LogP contribution in [-0.4, -0.2) is 11.0 Å². The number of thiazole rings is 1. The van der Waals surface area contributed by atoms with E-state index in [2.05, 4.69) is 16.8 Å². The van der Waals surface area contributed by atoms with Crippen LogP contribution in [0.4, 0.5) is 0 Å². The van der Waals surface area contributed by atoms with E-state index in [0.717, 1.165) is 36.3 Å². The maximum atomic E-state index is 4.76. The van der Waals surface area contributed by atoms with Crippen molar-refractivity contribution in [2.45, 2.75) is 51.1 Å². The minimum atomic E-state index is 0.761. The highest BCUT2D eigenvalue weighted by Crippen LogP contribution is 2.52. The summed E-state index contributed by atoms with van der Waals surface area (Å²) in [4.78, 5) is 4.76. The fourth-order valence-electron chi connectivity index (χ4n) is 5.36. The number of aromatic nitrogens is 1. The molecule has 5 unspecified atom stereocenters. The topological polar surface area (TPSA) is 24.9 Å². The molecule has 2 aromatic heterocycles. The standard InChI is InChI=1S/C17H22N2S2/c1-2-13-12-6-10(1)5-11(7-12)8-15(13)18-9-16-19-14-3-4-20-17(14)21-16/h3-4,10-13,15,18H,1-2,5-9H2. The Morgan fingerprint density at radius 3 is 3.05 bits per heavy atom. The van der Waals surface area contributed by atoms with Crippen LogP contribution >= 0.6 is 22.7 Å². The summed E-state index contributed by atoms with van der Waals surface area (Å²) in [5.41, 5.74) is 1.20. The number of rotatable bonds is 3. The molecule has 0 amide bonds. The molecule has 2 nitrogen and oxygen atoms in total. The molecule has 3 bridgehead atoms. The Morgan fingerprint density at radius 1 is 1.14 bits per heavy atom. The zero-order valence-corrected chi connectivity index (χ0v) is 13.9. The molecule has 2 aromatic rings. The van der Waals surface area contributed by atoms with Crippen molar-refractivity contribution in [3.8, 4) is 0 Å². The summed E-state index contributed by atoms with van der Waals surface area (Å²) < 4.78 is 1.38. The van der Waals surface area contributed by atoms with Crippen LogP contribution in [-0.2, 0) is 6.54 Å². The van der Waals surface area contributed by atoms with Crippen LogP contribution < -0.4 is 5.32 Å². The predicted octanol–water partition coefficient (Wildman–Crippen LogP) is 4.66. The van der Waals surface area contributed by atoms with Crippen molar-refractivity contribution in [2.24, 2.45) is 23.7 Å². The van der Waals surface area contributed by atoms with Gasteiger partial charge >= 0.3 is 0 Å². The second-order valence-electron chi connectivity index (χ2n) is 7.36. The van der Waals surface area contributed by atoms with Crippen molar-refractivity contribution in [3.05, 3.63) is 16.5 Å². The summed E-state index contributed by atoms with van der Waals surface area (Å²) in [6, 6.07) is 2.91. The lowest BCUT2D eigenvalue weighted by molar-refractivity contribution is 0.00606. The molecule has 0 spiro atoms. The van der Waals surface area contributed by atoms with E-state index in [1.54, 1.807) is 0 Å². The van der Waals surface area contributed by atoms with E-state index in [9.17, 15) is 0 Å². The van der Waals surface area contributed by atoms with Gasteiger partial charge in [-0.25, -0.2) is 4.98 Å². The summed E-state index contributed by atoms with van der Waals surface area (Å²) in [7, 11) is 0. The molecule has 0 radical (unpaired) electrons. The van der Waals surface area contributed by atoms with Crippen molar-refractivity contribution < 1.29 is 0 Å². The van der Waals surface area contributed by atoms with E-state index in [4.69, 9.17) is 4.98 Å². The minimum Gasteiger partial charge on any atom is -0.307 e. The average molecular weight is 319 g/mol. The zero-order chi connectivity index (χ0) is 13.8. The molecular weight excluding hydrogens is 296 g/mol. The lowest BCUT2D eigenvalue weighted by Gasteiger charge is -2.52. The molecule has 1 N–H and O–H groups in total. The predicted molar refractivity (Wildman–Crippen MR) is 89.8 cm³/mol. The van der Waals surface area contributed by atoms with E-state index >= 15 is 0 Å². The number of fused-ring (bicyclic) bond motifs is 3. The number of hydrogen-bond acceptors (Lipinski definition) is 4. The summed E-state index contributed by atoms with van der Waals surface area (Å²) in [5, 5.41) is 7.32. The number of nitrogens with one attached hydrogen (secondary N) is 1. The Hall–Kier alpha value is -0.450.